The van der Waals surface area contributed by atoms with Crippen molar-refractivity contribution in [1.82, 2.24) is 9.97 Å². The molecule has 0 bridgehead atoms. The highest BCUT2D eigenvalue weighted by atomic mass is 79.9. The summed E-state index contributed by atoms with van der Waals surface area (Å²) < 4.78 is 0. The van der Waals surface area contributed by atoms with E-state index >= 15 is 0 Å². The highest BCUT2D eigenvalue weighted by Crippen LogP contribution is 2.03. The summed E-state index contributed by atoms with van der Waals surface area (Å²) in [6.07, 6.45) is 4.07. The van der Waals surface area contributed by atoms with Crippen LogP contribution in [0.25, 0.3) is 0 Å². The second-order valence-corrected chi connectivity index (χ2v) is 2.80. The molecule has 1 aromatic rings. The van der Waals surface area contributed by atoms with E-state index in [4.69, 9.17) is 0 Å². The normalized spacial score (nSPS) is 10.2. The van der Waals surface area contributed by atoms with Crippen LogP contribution in [0.1, 0.15) is 24.9 Å². The molecule has 0 aromatic carbocycles. The van der Waals surface area contributed by atoms with Crippen molar-refractivity contribution in [1.29, 1.82) is 0 Å². The second kappa shape index (κ2) is 3.76. The van der Waals surface area contributed by atoms with Gasteiger partial charge in [-0.25, -0.2) is 4.98 Å². The van der Waals surface area contributed by atoms with Crippen LogP contribution in [0.5, 0.6) is 0 Å². The second-order valence-electron chi connectivity index (χ2n) is 2.24. The number of nitrogens with one attached hydrogen (secondary N) is 1. The summed E-state index contributed by atoms with van der Waals surface area (Å²) in [5.74, 6) is 1.09. The number of nitrogens with zero attached hydrogens (tertiary/aromatic N) is 1. The summed E-state index contributed by atoms with van der Waals surface area (Å²) in [6, 6.07) is 0. The number of H-pyrrole nitrogens is 1. The van der Waals surface area contributed by atoms with Gasteiger partial charge in [0, 0.05) is 23.6 Å². The van der Waals surface area contributed by atoms with Crippen LogP contribution >= 0.6 is 15.9 Å². The summed E-state index contributed by atoms with van der Waals surface area (Å²) in [6.45, 7) is 2.15. The summed E-state index contributed by atoms with van der Waals surface area (Å²) in [5, 5.41) is 0.865. The summed E-state index contributed by atoms with van der Waals surface area (Å²) in [5.41, 5.74) is 1.16. The highest BCUT2D eigenvalue weighted by molar-refractivity contribution is 9.08. The van der Waals surface area contributed by atoms with Gasteiger partial charge in [-0.2, -0.15) is 0 Å². The number of rotatable bonds is 3. The Bertz CT molecular complexity index is 195. The van der Waals surface area contributed by atoms with Gasteiger partial charge in [0.2, 0.25) is 0 Å². The van der Waals surface area contributed by atoms with Crippen LogP contribution in [0.3, 0.4) is 0 Å². The van der Waals surface area contributed by atoms with Crippen LogP contribution < -0.4 is 0 Å². The third-order valence-corrected chi connectivity index (χ3v) is 1.92. The maximum Gasteiger partial charge on any atom is 0.106 e. The smallest absolute Gasteiger partial charge is 0.106 e. The average Bonchev–Trinajstić information content (AvgIpc) is 2.37. The molecule has 1 aromatic heterocycles. The van der Waals surface area contributed by atoms with Gasteiger partial charge >= 0.3 is 0 Å². The Balaban J connectivity index is 2.59. The predicted octanol–water partition coefficient (Wildman–Crippen LogP) is 2.26. The molecule has 1 heterocycles. The molecule has 2 nitrogen and oxygen atoms in total. The monoisotopic (exact) mass is 202 g/mol. The van der Waals surface area contributed by atoms with Crippen molar-refractivity contribution in [2.45, 2.75) is 25.1 Å². The fraction of sp³-hybridized carbons (Fsp3) is 0.571. The highest BCUT2D eigenvalue weighted by Gasteiger charge is 1.95. The minimum absolute atomic E-state index is 0.865. The van der Waals surface area contributed by atoms with Crippen molar-refractivity contribution < 1.29 is 0 Å². The van der Waals surface area contributed by atoms with Crippen LogP contribution in [-0.4, -0.2) is 9.97 Å². The first-order chi connectivity index (χ1) is 4.86. The Morgan fingerprint density at radius 1 is 1.70 bits per heavy atom. The van der Waals surface area contributed by atoms with E-state index in [0.29, 0.717) is 0 Å². The van der Waals surface area contributed by atoms with Gasteiger partial charge in [0.05, 0.1) is 0 Å². The molecule has 0 saturated heterocycles. The van der Waals surface area contributed by atoms with E-state index in [1.165, 1.54) is 0 Å². The molecule has 0 saturated carbocycles. The third kappa shape index (κ3) is 1.84. The molecular weight excluding hydrogens is 192 g/mol. The molecule has 0 aliphatic heterocycles. The van der Waals surface area contributed by atoms with E-state index in [0.717, 1.165) is 29.7 Å². The third-order valence-electron chi connectivity index (χ3n) is 1.31. The van der Waals surface area contributed by atoms with Crippen molar-refractivity contribution in [3.05, 3.63) is 17.7 Å². The zero-order valence-corrected chi connectivity index (χ0v) is 7.61. The van der Waals surface area contributed by atoms with E-state index in [1.54, 1.807) is 0 Å². The molecule has 0 fully saturated rings. The summed E-state index contributed by atoms with van der Waals surface area (Å²) >= 11 is 3.35. The lowest BCUT2D eigenvalue weighted by atomic mass is 10.3. The topological polar surface area (TPSA) is 28.7 Å². The number of alkyl halides is 1. The van der Waals surface area contributed by atoms with E-state index in [2.05, 4.69) is 32.8 Å². The van der Waals surface area contributed by atoms with Gasteiger partial charge in [-0.15, -0.1) is 0 Å². The molecule has 1 N–H and O–H groups in total. The van der Waals surface area contributed by atoms with Crippen molar-refractivity contribution in [2.24, 2.45) is 0 Å². The Kier molecular flexibility index (Phi) is 2.93. The van der Waals surface area contributed by atoms with E-state index in [-0.39, 0.29) is 0 Å². The molecule has 0 amide bonds. The number of aromatic nitrogens is 2. The number of aryl methyl sites for hydroxylation is 1. The number of aromatic amines is 1. The van der Waals surface area contributed by atoms with Gasteiger partial charge in [-0.3, -0.25) is 0 Å². The molecule has 56 valence electrons. The minimum Gasteiger partial charge on any atom is -0.345 e. The Morgan fingerprint density at radius 2 is 2.50 bits per heavy atom. The number of hydrogen-bond donors (Lipinski definition) is 1. The van der Waals surface area contributed by atoms with Crippen LogP contribution in [-0.2, 0) is 11.8 Å². The Labute approximate surface area is 69.2 Å². The number of halogens is 1. The molecule has 10 heavy (non-hydrogen) atoms. The lowest BCUT2D eigenvalue weighted by Crippen LogP contribution is -1.85. The summed E-state index contributed by atoms with van der Waals surface area (Å²) in [4.78, 5) is 7.40. The first-order valence-corrected chi connectivity index (χ1v) is 4.57. The standard InChI is InChI=1S/C7H11BrN2/c1-2-3-7-9-5-6(4-8)10-7/h5H,2-4H2,1H3,(H,9,10). The van der Waals surface area contributed by atoms with Gasteiger partial charge < -0.3 is 4.98 Å². The fourth-order valence-corrected chi connectivity index (χ4v) is 1.12. The van der Waals surface area contributed by atoms with Crippen molar-refractivity contribution >= 4 is 15.9 Å². The molecule has 0 aliphatic carbocycles. The van der Waals surface area contributed by atoms with Crippen molar-refractivity contribution in [3.8, 4) is 0 Å². The quantitative estimate of drug-likeness (QED) is 0.750. The van der Waals surface area contributed by atoms with Gasteiger partial charge in [0.25, 0.3) is 0 Å². The van der Waals surface area contributed by atoms with Gasteiger partial charge in [-0.1, -0.05) is 22.9 Å². The first-order valence-electron chi connectivity index (χ1n) is 3.45. The van der Waals surface area contributed by atoms with Crippen molar-refractivity contribution in [3.63, 3.8) is 0 Å². The summed E-state index contributed by atoms with van der Waals surface area (Å²) in [7, 11) is 0. The largest absolute Gasteiger partial charge is 0.345 e. The van der Waals surface area contributed by atoms with Crippen molar-refractivity contribution in [2.75, 3.05) is 0 Å². The van der Waals surface area contributed by atoms with Gasteiger partial charge in [0.15, 0.2) is 0 Å². The van der Waals surface area contributed by atoms with Gasteiger partial charge in [-0.05, 0) is 6.42 Å². The number of imidazole rings is 1. The SMILES string of the molecule is CCCc1ncc(CBr)[nH]1. The first kappa shape index (κ1) is 7.79. The molecule has 0 radical (unpaired) electrons. The molecule has 0 aliphatic rings. The van der Waals surface area contributed by atoms with Crippen LogP contribution in [0, 0.1) is 0 Å². The van der Waals surface area contributed by atoms with Crippen LogP contribution in [0.2, 0.25) is 0 Å². The van der Waals surface area contributed by atoms with Crippen LogP contribution in [0.4, 0.5) is 0 Å². The zero-order valence-electron chi connectivity index (χ0n) is 6.02. The van der Waals surface area contributed by atoms with E-state index in [1.807, 2.05) is 6.20 Å². The minimum atomic E-state index is 0.865. The molecule has 1 rings (SSSR count). The number of hydrogen-bond acceptors (Lipinski definition) is 1. The lowest BCUT2D eigenvalue weighted by molar-refractivity contribution is 0.853. The van der Waals surface area contributed by atoms with Gasteiger partial charge in [0.1, 0.15) is 5.82 Å². The van der Waals surface area contributed by atoms with E-state index < -0.39 is 0 Å². The lowest BCUT2D eigenvalue weighted by Gasteiger charge is -1.88. The molecule has 3 heteroatoms. The Morgan fingerprint density at radius 3 is 3.00 bits per heavy atom. The fourth-order valence-electron chi connectivity index (χ4n) is 0.837. The molecular formula is C7H11BrN2. The molecule has 0 unspecified atom stereocenters. The van der Waals surface area contributed by atoms with Crippen LogP contribution in [0.15, 0.2) is 6.20 Å². The molecule has 0 atom stereocenters. The molecule has 0 spiro atoms. The zero-order chi connectivity index (χ0) is 7.40. The maximum absolute atomic E-state index is 4.19. The predicted molar refractivity (Wildman–Crippen MR) is 45.2 cm³/mol. The van der Waals surface area contributed by atoms with E-state index in [9.17, 15) is 0 Å². The Hall–Kier alpha value is -0.310. The maximum atomic E-state index is 4.19. The average molecular weight is 203 g/mol.